The summed E-state index contributed by atoms with van der Waals surface area (Å²) in [5, 5.41) is 0. The van der Waals surface area contributed by atoms with Crippen LogP contribution >= 0.6 is 0 Å². The summed E-state index contributed by atoms with van der Waals surface area (Å²) >= 11 is 0. The molecule has 4 heteroatoms. The Balaban J connectivity index is 1.89. The standard InChI is InChI=1S/C18H18FNO2/c1-11-9-13(19)5-8-17(11)22-14-6-7-15-12(10-14)3-2-4-16(15)18(20)21/h5-10,16H,2-4H2,1H3,(H2,20,21)/t16-/m1/s1. The minimum atomic E-state index is -0.278. The molecule has 0 heterocycles. The third kappa shape index (κ3) is 2.82. The molecule has 0 aromatic heterocycles. The summed E-state index contributed by atoms with van der Waals surface area (Å²) in [6, 6.07) is 10.1. The van der Waals surface area contributed by atoms with Crippen molar-refractivity contribution in [1.82, 2.24) is 0 Å². The number of primary amides is 1. The molecule has 0 saturated heterocycles. The lowest BCUT2D eigenvalue weighted by atomic mass is 9.82. The van der Waals surface area contributed by atoms with Crippen LogP contribution in [0.4, 0.5) is 4.39 Å². The first kappa shape index (κ1) is 14.6. The van der Waals surface area contributed by atoms with Crippen molar-refractivity contribution in [2.75, 3.05) is 0 Å². The molecule has 1 atom stereocenters. The Morgan fingerprint density at radius 3 is 2.82 bits per heavy atom. The number of ether oxygens (including phenoxy) is 1. The quantitative estimate of drug-likeness (QED) is 0.936. The number of benzene rings is 2. The summed E-state index contributed by atoms with van der Waals surface area (Å²) < 4.78 is 19.0. The Bertz CT molecular complexity index is 727. The van der Waals surface area contributed by atoms with E-state index in [1.165, 1.54) is 12.1 Å². The van der Waals surface area contributed by atoms with Crippen molar-refractivity contribution >= 4 is 5.91 Å². The van der Waals surface area contributed by atoms with Crippen LogP contribution in [0.5, 0.6) is 11.5 Å². The van der Waals surface area contributed by atoms with Gasteiger partial charge in [0, 0.05) is 0 Å². The second-order valence-electron chi connectivity index (χ2n) is 5.72. The summed E-state index contributed by atoms with van der Waals surface area (Å²) in [4.78, 5) is 11.5. The van der Waals surface area contributed by atoms with Gasteiger partial charge in [0.1, 0.15) is 17.3 Å². The van der Waals surface area contributed by atoms with Crippen LogP contribution in [0.2, 0.25) is 0 Å². The van der Waals surface area contributed by atoms with Crippen molar-refractivity contribution < 1.29 is 13.9 Å². The molecule has 3 rings (SSSR count). The fraction of sp³-hybridized carbons (Fsp3) is 0.278. The Morgan fingerprint density at radius 1 is 1.27 bits per heavy atom. The van der Waals surface area contributed by atoms with Crippen LogP contribution in [0, 0.1) is 12.7 Å². The maximum Gasteiger partial charge on any atom is 0.224 e. The van der Waals surface area contributed by atoms with E-state index in [0.717, 1.165) is 36.0 Å². The molecule has 114 valence electrons. The molecular formula is C18H18FNO2. The molecule has 2 N–H and O–H groups in total. The maximum atomic E-state index is 13.1. The molecule has 0 spiro atoms. The van der Waals surface area contributed by atoms with Gasteiger partial charge in [-0.05, 0) is 73.2 Å². The molecule has 0 unspecified atom stereocenters. The fourth-order valence-corrected chi connectivity index (χ4v) is 3.00. The monoisotopic (exact) mass is 299 g/mol. The van der Waals surface area contributed by atoms with Crippen LogP contribution < -0.4 is 10.5 Å². The van der Waals surface area contributed by atoms with E-state index in [1.807, 2.05) is 18.2 Å². The Kier molecular flexibility index (Phi) is 3.84. The van der Waals surface area contributed by atoms with E-state index in [2.05, 4.69) is 0 Å². The lowest BCUT2D eigenvalue weighted by Gasteiger charge is -2.23. The zero-order chi connectivity index (χ0) is 15.7. The first-order valence-corrected chi connectivity index (χ1v) is 7.41. The van der Waals surface area contributed by atoms with Crippen LogP contribution in [0.15, 0.2) is 36.4 Å². The number of rotatable bonds is 3. The summed E-state index contributed by atoms with van der Waals surface area (Å²) in [5.41, 5.74) is 8.32. The number of hydrogen-bond donors (Lipinski definition) is 1. The van der Waals surface area contributed by atoms with Crippen LogP contribution in [-0.4, -0.2) is 5.91 Å². The van der Waals surface area contributed by atoms with Crippen LogP contribution in [0.1, 0.15) is 35.4 Å². The summed E-state index contributed by atoms with van der Waals surface area (Å²) in [6.07, 6.45) is 2.66. The average Bonchev–Trinajstić information content (AvgIpc) is 2.49. The number of amides is 1. The smallest absolute Gasteiger partial charge is 0.224 e. The van der Waals surface area contributed by atoms with Gasteiger partial charge in [-0.25, -0.2) is 4.39 Å². The van der Waals surface area contributed by atoms with E-state index in [1.54, 1.807) is 13.0 Å². The van der Waals surface area contributed by atoms with Crippen molar-refractivity contribution in [3.05, 3.63) is 58.9 Å². The molecule has 3 nitrogen and oxygen atoms in total. The molecule has 1 aliphatic carbocycles. The van der Waals surface area contributed by atoms with Gasteiger partial charge in [0.2, 0.25) is 5.91 Å². The third-order valence-corrected chi connectivity index (χ3v) is 4.14. The van der Waals surface area contributed by atoms with Crippen molar-refractivity contribution in [3.8, 4) is 11.5 Å². The Hall–Kier alpha value is -2.36. The predicted octanol–water partition coefficient (Wildman–Crippen LogP) is 3.83. The molecule has 0 radical (unpaired) electrons. The van der Waals surface area contributed by atoms with Gasteiger partial charge in [-0.15, -0.1) is 0 Å². The zero-order valence-corrected chi connectivity index (χ0v) is 12.4. The minimum absolute atomic E-state index is 0.203. The highest BCUT2D eigenvalue weighted by Crippen LogP contribution is 2.35. The summed E-state index contributed by atoms with van der Waals surface area (Å²) in [6.45, 7) is 1.81. The first-order chi connectivity index (χ1) is 10.5. The van der Waals surface area contributed by atoms with Crippen molar-refractivity contribution in [3.63, 3.8) is 0 Å². The highest BCUT2D eigenvalue weighted by Gasteiger charge is 2.24. The zero-order valence-electron chi connectivity index (χ0n) is 12.4. The molecule has 2 aromatic rings. The summed E-state index contributed by atoms with van der Waals surface area (Å²) in [7, 11) is 0. The van der Waals surface area contributed by atoms with E-state index in [-0.39, 0.29) is 17.6 Å². The van der Waals surface area contributed by atoms with Crippen LogP contribution in [0.25, 0.3) is 0 Å². The van der Waals surface area contributed by atoms with E-state index < -0.39 is 0 Å². The lowest BCUT2D eigenvalue weighted by Crippen LogP contribution is -2.24. The second kappa shape index (κ2) is 5.79. The lowest BCUT2D eigenvalue weighted by molar-refractivity contribution is -0.119. The van der Waals surface area contributed by atoms with Crippen molar-refractivity contribution in [1.29, 1.82) is 0 Å². The highest BCUT2D eigenvalue weighted by molar-refractivity contribution is 5.82. The van der Waals surface area contributed by atoms with E-state index in [4.69, 9.17) is 10.5 Å². The highest BCUT2D eigenvalue weighted by atomic mass is 19.1. The SMILES string of the molecule is Cc1cc(F)ccc1Oc1ccc2c(c1)CCC[C@H]2C(N)=O. The maximum absolute atomic E-state index is 13.1. The number of fused-ring (bicyclic) bond motifs is 1. The molecular weight excluding hydrogens is 281 g/mol. The molecule has 22 heavy (non-hydrogen) atoms. The number of halogens is 1. The summed E-state index contributed by atoms with van der Waals surface area (Å²) in [5.74, 6) is 0.566. The number of aryl methyl sites for hydroxylation is 2. The van der Waals surface area contributed by atoms with Gasteiger partial charge < -0.3 is 10.5 Å². The third-order valence-electron chi connectivity index (χ3n) is 4.14. The number of carbonyl (C=O) groups excluding carboxylic acids is 1. The van der Waals surface area contributed by atoms with Gasteiger partial charge >= 0.3 is 0 Å². The molecule has 0 aliphatic heterocycles. The van der Waals surface area contributed by atoms with Gasteiger partial charge in [-0.1, -0.05) is 6.07 Å². The van der Waals surface area contributed by atoms with Crippen LogP contribution in [-0.2, 0) is 11.2 Å². The first-order valence-electron chi connectivity index (χ1n) is 7.41. The molecule has 0 fully saturated rings. The van der Waals surface area contributed by atoms with E-state index >= 15 is 0 Å². The molecule has 1 amide bonds. The minimum Gasteiger partial charge on any atom is -0.457 e. The van der Waals surface area contributed by atoms with Gasteiger partial charge in [-0.3, -0.25) is 4.79 Å². The largest absolute Gasteiger partial charge is 0.457 e. The predicted molar refractivity (Wildman–Crippen MR) is 82.5 cm³/mol. The molecule has 2 aromatic carbocycles. The molecule has 0 bridgehead atoms. The number of nitrogens with two attached hydrogens (primary N) is 1. The van der Waals surface area contributed by atoms with Crippen molar-refractivity contribution in [2.45, 2.75) is 32.1 Å². The second-order valence-corrected chi connectivity index (χ2v) is 5.72. The topological polar surface area (TPSA) is 52.3 Å². The van der Waals surface area contributed by atoms with Crippen molar-refractivity contribution in [2.24, 2.45) is 5.73 Å². The Morgan fingerprint density at radius 2 is 2.09 bits per heavy atom. The van der Waals surface area contributed by atoms with Crippen LogP contribution in [0.3, 0.4) is 0 Å². The molecule has 1 aliphatic rings. The molecule has 0 saturated carbocycles. The fourth-order valence-electron chi connectivity index (χ4n) is 3.00. The van der Waals surface area contributed by atoms with E-state index in [0.29, 0.717) is 11.5 Å². The normalized spacial score (nSPS) is 16.9. The van der Waals surface area contributed by atoms with E-state index in [9.17, 15) is 9.18 Å². The van der Waals surface area contributed by atoms with Gasteiger partial charge in [0.25, 0.3) is 0 Å². The Labute approximate surface area is 128 Å². The number of carbonyl (C=O) groups is 1. The van der Waals surface area contributed by atoms with Gasteiger partial charge in [0.15, 0.2) is 0 Å². The van der Waals surface area contributed by atoms with Gasteiger partial charge in [0.05, 0.1) is 5.92 Å². The number of hydrogen-bond acceptors (Lipinski definition) is 2. The average molecular weight is 299 g/mol. The van der Waals surface area contributed by atoms with Gasteiger partial charge in [-0.2, -0.15) is 0 Å².